The molecule has 0 spiro atoms. The van der Waals surface area contributed by atoms with Crippen LogP contribution in [0.15, 0.2) is 77.9 Å². The van der Waals surface area contributed by atoms with Gasteiger partial charge in [0.1, 0.15) is 18.0 Å². The maximum absolute atomic E-state index is 13.4. The minimum Gasteiger partial charge on any atom is -0.497 e. The summed E-state index contributed by atoms with van der Waals surface area (Å²) in [4.78, 5) is 27.4. The molecule has 2 amide bonds. The van der Waals surface area contributed by atoms with Gasteiger partial charge < -0.3 is 14.4 Å². The summed E-state index contributed by atoms with van der Waals surface area (Å²) < 4.78 is 49.4. The first-order chi connectivity index (χ1) is 18.1. The van der Waals surface area contributed by atoms with Crippen molar-refractivity contribution < 1.29 is 32.2 Å². The molecule has 1 heterocycles. The van der Waals surface area contributed by atoms with E-state index in [2.05, 4.69) is 5.10 Å². The summed E-state index contributed by atoms with van der Waals surface area (Å²) in [6.07, 6.45) is -4.09. The van der Waals surface area contributed by atoms with Crippen molar-refractivity contribution in [1.29, 1.82) is 0 Å². The van der Waals surface area contributed by atoms with E-state index in [4.69, 9.17) is 9.47 Å². The van der Waals surface area contributed by atoms with Crippen LogP contribution in [0.3, 0.4) is 0 Å². The van der Waals surface area contributed by atoms with Crippen molar-refractivity contribution in [3.05, 3.63) is 95.1 Å². The van der Waals surface area contributed by atoms with Crippen LogP contribution in [-0.4, -0.2) is 55.2 Å². The number of methoxy groups -OCH3 is 2. The lowest BCUT2D eigenvalue weighted by molar-refractivity contribution is -0.137. The number of benzene rings is 3. The first-order valence-electron chi connectivity index (χ1n) is 11.7. The number of likely N-dealkylation sites (N-methyl/N-ethyl adjacent to an activating group) is 1. The van der Waals surface area contributed by atoms with Crippen molar-refractivity contribution in [1.82, 2.24) is 9.91 Å². The summed E-state index contributed by atoms with van der Waals surface area (Å²) >= 11 is 0. The third-order valence-corrected chi connectivity index (χ3v) is 6.25. The van der Waals surface area contributed by atoms with Crippen LogP contribution in [-0.2, 0) is 11.0 Å². The largest absolute Gasteiger partial charge is 0.497 e. The number of hydrazone groups is 1. The molecule has 0 aliphatic carbocycles. The third-order valence-electron chi connectivity index (χ3n) is 6.25. The van der Waals surface area contributed by atoms with Crippen LogP contribution in [0.5, 0.6) is 11.5 Å². The zero-order chi connectivity index (χ0) is 27.4. The summed E-state index contributed by atoms with van der Waals surface area (Å²) in [6, 6.07) is 18.2. The highest BCUT2D eigenvalue weighted by Gasteiger charge is 2.35. The standard InChI is InChI=1S/C28H26F3N3O4/c1-33(27(36)19-9-11-20(12-10-19)28(29,30)31)17-26(35)34-24(18-7-5-4-6-8-18)16-23(32-34)22-14-13-21(37-2)15-25(22)38-3/h4-15,24H,16-17H2,1-3H3/t24-/m0/s1. The molecule has 38 heavy (non-hydrogen) atoms. The fraction of sp³-hybridized carbons (Fsp3) is 0.250. The Morgan fingerprint density at radius 3 is 2.29 bits per heavy atom. The molecule has 0 unspecified atom stereocenters. The van der Waals surface area contributed by atoms with Gasteiger partial charge in [0, 0.05) is 30.7 Å². The number of halogens is 3. The summed E-state index contributed by atoms with van der Waals surface area (Å²) in [5, 5.41) is 5.97. The van der Waals surface area contributed by atoms with Gasteiger partial charge in [-0.05, 0) is 42.0 Å². The van der Waals surface area contributed by atoms with E-state index in [1.165, 1.54) is 19.2 Å². The van der Waals surface area contributed by atoms with Crippen molar-refractivity contribution in [3.8, 4) is 11.5 Å². The lowest BCUT2D eigenvalue weighted by Crippen LogP contribution is -2.39. The van der Waals surface area contributed by atoms with Crippen molar-refractivity contribution in [3.63, 3.8) is 0 Å². The lowest BCUT2D eigenvalue weighted by Gasteiger charge is -2.25. The molecule has 0 fully saturated rings. The van der Waals surface area contributed by atoms with E-state index in [0.29, 0.717) is 29.2 Å². The average Bonchev–Trinajstić information content (AvgIpc) is 3.38. The van der Waals surface area contributed by atoms with Crippen molar-refractivity contribution in [2.75, 3.05) is 27.8 Å². The number of amides is 2. The predicted molar refractivity (Wildman–Crippen MR) is 135 cm³/mol. The van der Waals surface area contributed by atoms with Gasteiger partial charge in [0.15, 0.2) is 0 Å². The molecule has 1 atom stereocenters. The molecular weight excluding hydrogens is 499 g/mol. The monoisotopic (exact) mass is 525 g/mol. The van der Waals surface area contributed by atoms with Gasteiger partial charge in [-0.15, -0.1) is 0 Å². The van der Waals surface area contributed by atoms with Crippen LogP contribution in [0.4, 0.5) is 13.2 Å². The van der Waals surface area contributed by atoms with Crippen molar-refractivity contribution >= 4 is 17.5 Å². The lowest BCUT2D eigenvalue weighted by atomic mass is 9.98. The molecule has 0 saturated heterocycles. The molecule has 1 aliphatic heterocycles. The summed E-state index contributed by atoms with van der Waals surface area (Å²) in [5.41, 5.74) is 1.39. The second kappa shape index (κ2) is 11.0. The van der Waals surface area contributed by atoms with Crippen LogP contribution in [0.1, 0.15) is 39.5 Å². The van der Waals surface area contributed by atoms with Crippen LogP contribution in [0, 0.1) is 0 Å². The third kappa shape index (κ3) is 5.64. The second-order valence-corrected chi connectivity index (χ2v) is 8.72. The van der Waals surface area contributed by atoms with Crippen LogP contribution in [0.2, 0.25) is 0 Å². The van der Waals surface area contributed by atoms with E-state index in [1.807, 2.05) is 36.4 Å². The Morgan fingerprint density at radius 1 is 1.00 bits per heavy atom. The molecular formula is C28H26F3N3O4. The number of hydrogen-bond acceptors (Lipinski definition) is 5. The Bertz CT molecular complexity index is 1340. The highest BCUT2D eigenvalue weighted by atomic mass is 19.4. The van der Waals surface area contributed by atoms with Gasteiger partial charge in [0.05, 0.1) is 31.5 Å². The smallest absolute Gasteiger partial charge is 0.416 e. The van der Waals surface area contributed by atoms with Crippen LogP contribution < -0.4 is 9.47 Å². The molecule has 198 valence electrons. The summed E-state index contributed by atoms with van der Waals surface area (Å²) in [5.74, 6) is 0.131. The molecule has 0 aromatic heterocycles. The summed E-state index contributed by atoms with van der Waals surface area (Å²) in [7, 11) is 4.51. The van der Waals surface area contributed by atoms with Gasteiger partial charge in [-0.1, -0.05) is 30.3 Å². The molecule has 4 rings (SSSR count). The van der Waals surface area contributed by atoms with Gasteiger partial charge in [-0.3, -0.25) is 9.59 Å². The minimum atomic E-state index is -4.51. The number of carbonyl (C=O) groups is 2. The van der Waals surface area contributed by atoms with Gasteiger partial charge >= 0.3 is 6.18 Å². The minimum absolute atomic E-state index is 0.0430. The first kappa shape index (κ1) is 26.7. The topological polar surface area (TPSA) is 71.4 Å². The highest BCUT2D eigenvalue weighted by Crippen LogP contribution is 2.36. The average molecular weight is 526 g/mol. The Kier molecular flexibility index (Phi) is 7.70. The first-order valence-corrected chi connectivity index (χ1v) is 11.7. The second-order valence-electron chi connectivity index (χ2n) is 8.72. The molecule has 3 aromatic carbocycles. The molecule has 0 radical (unpaired) electrons. The number of nitrogens with zero attached hydrogens (tertiary/aromatic N) is 3. The maximum Gasteiger partial charge on any atom is 0.416 e. The molecule has 3 aromatic rings. The van der Waals surface area contributed by atoms with E-state index in [1.54, 1.807) is 19.2 Å². The van der Waals surface area contributed by atoms with Crippen LogP contribution in [0.25, 0.3) is 0 Å². The van der Waals surface area contributed by atoms with E-state index < -0.39 is 29.6 Å². The van der Waals surface area contributed by atoms with E-state index >= 15 is 0 Å². The molecule has 7 nitrogen and oxygen atoms in total. The molecule has 0 bridgehead atoms. The van der Waals surface area contributed by atoms with Gasteiger partial charge in [-0.2, -0.15) is 18.3 Å². The Morgan fingerprint density at radius 2 is 1.68 bits per heavy atom. The Hall–Kier alpha value is -4.34. The number of alkyl halides is 3. The maximum atomic E-state index is 13.4. The number of carbonyl (C=O) groups excluding carboxylic acids is 2. The van der Waals surface area contributed by atoms with E-state index in [0.717, 1.165) is 34.7 Å². The Labute approximate surface area is 218 Å². The van der Waals surface area contributed by atoms with Crippen molar-refractivity contribution in [2.24, 2.45) is 5.10 Å². The fourth-order valence-corrected chi connectivity index (χ4v) is 4.24. The predicted octanol–water partition coefficient (Wildman–Crippen LogP) is 5.17. The molecule has 10 heteroatoms. The zero-order valence-corrected chi connectivity index (χ0v) is 21.0. The number of rotatable bonds is 7. The van der Waals surface area contributed by atoms with E-state index in [-0.39, 0.29) is 12.1 Å². The highest BCUT2D eigenvalue weighted by molar-refractivity contribution is 6.05. The quantitative estimate of drug-likeness (QED) is 0.427. The Balaban J connectivity index is 1.58. The van der Waals surface area contributed by atoms with Gasteiger partial charge in [0.25, 0.3) is 11.8 Å². The molecule has 0 saturated carbocycles. The number of hydrogen-bond donors (Lipinski definition) is 0. The SMILES string of the molecule is COc1ccc(C2=NN(C(=O)CN(C)C(=O)c3ccc(C(F)(F)F)cc3)[C@H](c3ccccc3)C2)c(OC)c1. The molecule has 0 N–H and O–H groups in total. The van der Waals surface area contributed by atoms with Crippen molar-refractivity contribution in [2.45, 2.75) is 18.6 Å². The summed E-state index contributed by atoms with van der Waals surface area (Å²) in [6.45, 7) is -0.320. The number of ether oxygens (including phenoxy) is 2. The van der Waals surface area contributed by atoms with Crippen LogP contribution >= 0.6 is 0 Å². The van der Waals surface area contributed by atoms with Gasteiger partial charge in [-0.25, -0.2) is 5.01 Å². The molecule has 1 aliphatic rings. The normalized spacial score (nSPS) is 15.2. The fourth-order valence-electron chi connectivity index (χ4n) is 4.24. The van der Waals surface area contributed by atoms with E-state index in [9.17, 15) is 22.8 Å². The van der Waals surface area contributed by atoms with Gasteiger partial charge in [0.2, 0.25) is 0 Å². The zero-order valence-electron chi connectivity index (χ0n) is 21.0.